The number of fused-ring (bicyclic) bond motifs is 4. The maximum atomic E-state index is 5.35. The molecule has 8 aromatic rings. The zero-order valence-electron chi connectivity index (χ0n) is 21.6. The zero-order chi connectivity index (χ0) is 26.5. The van der Waals surface area contributed by atoms with Crippen LogP contribution in [0, 0.1) is 0 Å². The van der Waals surface area contributed by atoms with Gasteiger partial charge in [-0.15, -0.1) is 0 Å². The second-order valence-corrected chi connectivity index (χ2v) is 9.95. The van der Waals surface area contributed by atoms with Crippen molar-refractivity contribution in [3.05, 3.63) is 146 Å². The van der Waals surface area contributed by atoms with Crippen molar-refractivity contribution < 1.29 is 0 Å². The van der Waals surface area contributed by atoms with E-state index >= 15 is 0 Å². The lowest BCUT2D eigenvalue weighted by atomic mass is 9.96. The van der Waals surface area contributed by atoms with E-state index in [-0.39, 0.29) is 0 Å². The molecule has 0 fully saturated rings. The largest absolute Gasteiger partial charge is 0.321 e. The van der Waals surface area contributed by atoms with Crippen LogP contribution >= 0.6 is 0 Å². The van der Waals surface area contributed by atoms with Crippen molar-refractivity contribution in [1.29, 1.82) is 0 Å². The van der Waals surface area contributed by atoms with E-state index in [2.05, 4.69) is 149 Å². The van der Waals surface area contributed by atoms with Crippen molar-refractivity contribution in [2.24, 2.45) is 0 Å². The molecule has 3 heterocycles. The van der Waals surface area contributed by atoms with Crippen LogP contribution in [0.1, 0.15) is 0 Å². The molecule has 0 aliphatic heterocycles. The SMILES string of the molecule is c1ccc(-c2ccccc2-c2nc(-n3c4ccccc4c4ccccc43)nc3cn(-c4ccccc4)cc23)cc1. The molecule has 4 heteroatoms. The topological polar surface area (TPSA) is 35.6 Å². The van der Waals surface area contributed by atoms with Crippen LogP contribution < -0.4 is 0 Å². The van der Waals surface area contributed by atoms with Gasteiger partial charge in [0.2, 0.25) is 5.95 Å². The second kappa shape index (κ2) is 9.07. The molecule has 8 rings (SSSR count). The summed E-state index contributed by atoms with van der Waals surface area (Å²) >= 11 is 0. The first-order chi connectivity index (χ1) is 19.8. The molecule has 0 amide bonds. The molecular weight excluding hydrogens is 488 g/mol. The standard InChI is InChI=1S/C36H24N4/c1-3-13-25(14-4-1)27-17-7-8-20-30(27)35-31-23-39(26-15-5-2-6-16-26)24-32(31)37-36(38-35)40-33-21-11-9-18-28(33)29-19-10-12-22-34(29)40/h1-24H. The first kappa shape index (κ1) is 22.5. The molecule has 0 aliphatic carbocycles. The van der Waals surface area contributed by atoms with Crippen LogP contribution in [0.3, 0.4) is 0 Å². The summed E-state index contributed by atoms with van der Waals surface area (Å²) in [5.74, 6) is 0.661. The molecular formula is C36H24N4. The Kier molecular flexibility index (Phi) is 5.10. The van der Waals surface area contributed by atoms with E-state index in [1.807, 2.05) is 6.07 Å². The smallest absolute Gasteiger partial charge is 0.235 e. The van der Waals surface area contributed by atoms with Crippen LogP contribution in [-0.4, -0.2) is 19.1 Å². The Labute approximate surface area is 231 Å². The highest BCUT2D eigenvalue weighted by molar-refractivity contribution is 6.09. The first-order valence-electron chi connectivity index (χ1n) is 13.4. The van der Waals surface area contributed by atoms with Crippen LogP contribution in [0.25, 0.3) is 66.7 Å². The monoisotopic (exact) mass is 512 g/mol. The molecule has 0 saturated heterocycles. The Bertz CT molecular complexity index is 2100. The van der Waals surface area contributed by atoms with E-state index < -0.39 is 0 Å². The summed E-state index contributed by atoms with van der Waals surface area (Å²) in [5.41, 5.74) is 8.45. The van der Waals surface area contributed by atoms with Gasteiger partial charge in [-0.3, -0.25) is 4.57 Å². The van der Waals surface area contributed by atoms with Crippen LogP contribution in [0.5, 0.6) is 0 Å². The summed E-state index contributed by atoms with van der Waals surface area (Å²) in [6, 6.07) is 46.4. The molecule has 0 atom stereocenters. The summed E-state index contributed by atoms with van der Waals surface area (Å²) in [5, 5.41) is 3.39. The average Bonchev–Trinajstić information content (AvgIpc) is 3.61. The van der Waals surface area contributed by atoms with Gasteiger partial charge in [0.15, 0.2) is 0 Å². The van der Waals surface area contributed by atoms with Gasteiger partial charge in [-0.25, -0.2) is 9.97 Å². The van der Waals surface area contributed by atoms with Crippen molar-refractivity contribution >= 4 is 32.7 Å². The van der Waals surface area contributed by atoms with Gasteiger partial charge in [-0.1, -0.05) is 109 Å². The number of para-hydroxylation sites is 3. The molecule has 0 spiro atoms. The van der Waals surface area contributed by atoms with E-state index in [0.29, 0.717) is 5.95 Å². The highest BCUT2D eigenvalue weighted by atomic mass is 15.2. The first-order valence-corrected chi connectivity index (χ1v) is 13.4. The molecule has 40 heavy (non-hydrogen) atoms. The van der Waals surface area contributed by atoms with E-state index in [9.17, 15) is 0 Å². The Morgan fingerprint density at radius 1 is 0.450 bits per heavy atom. The summed E-state index contributed by atoms with van der Waals surface area (Å²) in [4.78, 5) is 10.5. The zero-order valence-corrected chi connectivity index (χ0v) is 21.6. The minimum atomic E-state index is 0.661. The fourth-order valence-electron chi connectivity index (χ4n) is 5.76. The fraction of sp³-hybridized carbons (Fsp3) is 0. The van der Waals surface area contributed by atoms with Crippen molar-refractivity contribution in [1.82, 2.24) is 19.1 Å². The molecule has 0 radical (unpaired) electrons. The van der Waals surface area contributed by atoms with Crippen LogP contribution in [0.4, 0.5) is 0 Å². The normalized spacial score (nSPS) is 11.5. The molecule has 3 aromatic heterocycles. The fourth-order valence-corrected chi connectivity index (χ4v) is 5.76. The number of hydrogen-bond acceptors (Lipinski definition) is 2. The predicted octanol–water partition coefficient (Wildman–Crippen LogP) is 8.85. The van der Waals surface area contributed by atoms with Crippen LogP contribution in [0.15, 0.2) is 146 Å². The van der Waals surface area contributed by atoms with E-state index in [1.165, 1.54) is 10.8 Å². The average molecular weight is 513 g/mol. The molecule has 4 nitrogen and oxygen atoms in total. The highest BCUT2D eigenvalue weighted by Gasteiger charge is 2.19. The minimum Gasteiger partial charge on any atom is -0.321 e. The van der Waals surface area contributed by atoms with Crippen LogP contribution in [-0.2, 0) is 0 Å². The molecule has 0 N–H and O–H groups in total. The van der Waals surface area contributed by atoms with E-state index in [1.54, 1.807) is 0 Å². The van der Waals surface area contributed by atoms with Gasteiger partial charge in [0.1, 0.15) is 0 Å². The van der Waals surface area contributed by atoms with Crippen molar-refractivity contribution in [3.8, 4) is 34.0 Å². The number of benzene rings is 5. The van der Waals surface area contributed by atoms with Gasteiger partial charge in [0, 0.05) is 39.8 Å². The van der Waals surface area contributed by atoms with Crippen molar-refractivity contribution in [2.75, 3.05) is 0 Å². The minimum absolute atomic E-state index is 0.661. The van der Waals surface area contributed by atoms with E-state index in [4.69, 9.17) is 9.97 Å². The third-order valence-corrected chi connectivity index (χ3v) is 7.59. The number of aromatic nitrogens is 4. The van der Waals surface area contributed by atoms with Crippen molar-refractivity contribution in [3.63, 3.8) is 0 Å². The molecule has 188 valence electrons. The lowest BCUT2D eigenvalue weighted by molar-refractivity contribution is 1.01. The van der Waals surface area contributed by atoms with Gasteiger partial charge < -0.3 is 4.57 Å². The van der Waals surface area contributed by atoms with E-state index in [0.717, 1.165) is 50.0 Å². The Balaban J connectivity index is 1.47. The lowest BCUT2D eigenvalue weighted by Gasteiger charge is -2.13. The second-order valence-electron chi connectivity index (χ2n) is 9.95. The molecule has 0 bridgehead atoms. The quantitative estimate of drug-likeness (QED) is 0.236. The van der Waals surface area contributed by atoms with Gasteiger partial charge in [-0.05, 0) is 35.4 Å². The summed E-state index contributed by atoms with van der Waals surface area (Å²) in [6.45, 7) is 0. The molecule has 0 unspecified atom stereocenters. The Morgan fingerprint density at radius 3 is 1.73 bits per heavy atom. The predicted molar refractivity (Wildman–Crippen MR) is 164 cm³/mol. The third kappa shape index (κ3) is 3.54. The Morgan fingerprint density at radius 2 is 1.02 bits per heavy atom. The lowest BCUT2D eigenvalue weighted by Crippen LogP contribution is -2.03. The Hall–Kier alpha value is -5.48. The number of nitrogens with zero attached hydrogens (tertiary/aromatic N) is 4. The molecule has 0 saturated carbocycles. The highest BCUT2D eigenvalue weighted by Crippen LogP contribution is 2.37. The summed E-state index contributed by atoms with van der Waals surface area (Å²) in [7, 11) is 0. The van der Waals surface area contributed by atoms with Gasteiger partial charge in [0.25, 0.3) is 0 Å². The molecule has 5 aromatic carbocycles. The summed E-state index contributed by atoms with van der Waals surface area (Å²) < 4.78 is 4.34. The van der Waals surface area contributed by atoms with Gasteiger partial charge >= 0.3 is 0 Å². The van der Waals surface area contributed by atoms with Gasteiger partial charge in [0.05, 0.1) is 22.2 Å². The van der Waals surface area contributed by atoms with Crippen molar-refractivity contribution in [2.45, 2.75) is 0 Å². The maximum Gasteiger partial charge on any atom is 0.235 e. The maximum absolute atomic E-state index is 5.35. The number of hydrogen-bond donors (Lipinski definition) is 0. The third-order valence-electron chi connectivity index (χ3n) is 7.59. The van der Waals surface area contributed by atoms with Crippen LogP contribution in [0.2, 0.25) is 0 Å². The number of rotatable bonds is 4. The summed E-state index contributed by atoms with van der Waals surface area (Å²) in [6.07, 6.45) is 4.26. The van der Waals surface area contributed by atoms with Gasteiger partial charge in [-0.2, -0.15) is 0 Å². The molecule has 0 aliphatic rings.